The maximum absolute atomic E-state index is 12.3. The number of hydrogen-bond acceptors (Lipinski definition) is 5. The van der Waals surface area contributed by atoms with Crippen LogP contribution in [-0.2, 0) is 21.4 Å². The van der Waals surface area contributed by atoms with E-state index in [2.05, 4.69) is 15.7 Å². The summed E-state index contributed by atoms with van der Waals surface area (Å²) in [7, 11) is 1.80. The highest BCUT2D eigenvalue weighted by Crippen LogP contribution is 2.21. The molecule has 0 spiro atoms. The number of amides is 3. The Kier molecular flexibility index (Phi) is 6.71. The van der Waals surface area contributed by atoms with Crippen LogP contribution >= 0.6 is 0 Å². The van der Waals surface area contributed by atoms with Crippen molar-refractivity contribution < 1.29 is 19.1 Å². The van der Waals surface area contributed by atoms with Crippen molar-refractivity contribution in [3.63, 3.8) is 0 Å². The number of benzene rings is 1. The second kappa shape index (κ2) is 9.43. The fourth-order valence-electron chi connectivity index (χ4n) is 3.43. The molecule has 2 aromatic rings. The maximum atomic E-state index is 12.3. The van der Waals surface area contributed by atoms with Gasteiger partial charge in [-0.05, 0) is 38.8 Å². The van der Waals surface area contributed by atoms with Gasteiger partial charge in [0.25, 0.3) is 5.91 Å². The van der Waals surface area contributed by atoms with E-state index in [1.807, 2.05) is 37.3 Å². The minimum Gasteiger partial charge on any atom is -0.455 e. The van der Waals surface area contributed by atoms with Gasteiger partial charge in [-0.15, -0.1) is 0 Å². The number of aryl methyl sites for hydroxylation is 2. The Balaban J connectivity index is 1.42. The van der Waals surface area contributed by atoms with E-state index >= 15 is 0 Å². The minimum absolute atomic E-state index is 0.186. The number of ether oxygens (including phenoxy) is 1. The number of nitrogens with zero attached hydrogens (tertiary/aromatic N) is 3. The number of para-hydroxylation sites is 1. The number of aromatic nitrogens is 2. The molecule has 1 aromatic carbocycles. The van der Waals surface area contributed by atoms with E-state index in [9.17, 15) is 14.4 Å². The van der Waals surface area contributed by atoms with Gasteiger partial charge >= 0.3 is 12.0 Å². The SMILES string of the molecule is Cc1nn(C)c(C)c1NC(=O)COC(=O)C1CCN(C(=O)Nc2ccccc2)CC1. The summed E-state index contributed by atoms with van der Waals surface area (Å²) in [5, 5.41) is 9.82. The van der Waals surface area contributed by atoms with Gasteiger partial charge in [0.15, 0.2) is 6.61 Å². The van der Waals surface area contributed by atoms with Crippen LogP contribution in [0.25, 0.3) is 0 Å². The molecule has 30 heavy (non-hydrogen) atoms. The molecule has 2 heterocycles. The molecular formula is C21H27N5O4. The van der Waals surface area contributed by atoms with Gasteiger partial charge in [0.05, 0.1) is 23.0 Å². The standard InChI is InChI=1S/C21H27N5O4/c1-14-19(15(2)25(3)24-14)23-18(27)13-30-20(28)16-9-11-26(12-10-16)21(29)22-17-7-5-4-6-8-17/h4-8,16H,9-13H2,1-3H3,(H,22,29)(H,23,27). The first-order valence-corrected chi connectivity index (χ1v) is 9.93. The fourth-order valence-corrected chi connectivity index (χ4v) is 3.43. The molecule has 1 aromatic heterocycles. The summed E-state index contributed by atoms with van der Waals surface area (Å²) in [6.45, 7) is 4.22. The normalized spacial score (nSPS) is 14.3. The highest BCUT2D eigenvalue weighted by molar-refractivity contribution is 5.94. The van der Waals surface area contributed by atoms with Gasteiger partial charge in [0.2, 0.25) is 0 Å². The van der Waals surface area contributed by atoms with Crippen LogP contribution in [0.5, 0.6) is 0 Å². The monoisotopic (exact) mass is 413 g/mol. The second-order valence-corrected chi connectivity index (χ2v) is 7.38. The summed E-state index contributed by atoms with van der Waals surface area (Å²) in [5.74, 6) is -1.13. The van der Waals surface area contributed by atoms with Crippen molar-refractivity contribution in [2.75, 3.05) is 30.3 Å². The number of carbonyl (C=O) groups excluding carboxylic acids is 3. The van der Waals surface area contributed by atoms with Crippen molar-refractivity contribution in [1.82, 2.24) is 14.7 Å². The van der Waals surface area contributed by atoms with Crippen molar-refractivity contribution in [3.05, 3.63) is 41.7 Å². The molecule has 1 saturated heterocycles. The first kappa shape index (κ1) is 21.4. The van der Waals surface area contributed by atoms with E-state index in [1.165, 1.54) is 0 Å². The lowest BCUT2D eigenvalue weighted by Crippen LogP contribution is -2.43. The van der Waals surface area contributed by atoms with E-state index in [-0.39, 0.29) is 18.6 Å². The molecule has 1 aliphatic rings. The molecule has 3 rings (SSSR count). The highest BCUT2D eigenvalue weighted by Gasteiger charge is 2.29. The van der Waals surface area contributed by atoms with Crippen molar-refractivity contribution >= 4 is 29.3 Å². The summed E-state index contributed by atoms with van der Waals surface area (Å²) in [6, 6.07) is 9.04. The van der Waals surface area contributed by atoms with Crippen molar-refractivity contribution in [2.45, 2.75) is 26.7 Å². The Morgan fingerprint density at radius 3 is 2.37 bits per heavy atom. The number of piperidine rings is 1. The Bertz CT molecular complexity index is 917. The Labute approximate surface area is 175 Å². The van der Waals surface area contributed by atoms with E-state index in [0.717, 1.165) is 11.4 Å². The number of nitrogens with one attached hydrogen (secondary N) is 2. The second-order valence-electron chi connectivity index (χ2n) is 7.38. The van der Waals surface area contributed by atoms with Gasteiger partial charge in [-0.3, -0.25) is 14.3 Å². The summed E-state index contributed by atoms with van der Waals surface area (Å²) >= 11 is 0. The molecule has 0 radical (unpaired) electrons. The molecule has 160 valence electrons. The molecule has 0 atom stereocenters. The molecule has 0 saturated carbocycles. The largest absolute Gasteiger partial charge is 0.455 e. The number of rotatable bonds is 5. The van der Waals surface area contributed by atoms with Gasteiger partial charge < -0.3 is 20.3 Å². The van der Waals surface area contributed by atoms with Crippen LogP contribution in [-0.4, -0.2) is 52.3 Å². The van der Waals surface area contributed by atoms with Gasteiger partial charge in [-0.2, -0.15) is 5.10 Å². The van der Waals surface area contributed by atoms with Gasteiger partial charge in [-0.1, -0.05) is 18.2 Å². The predicted molar refractivity (Wildman–Crippen MR) is 112 cm³/mol. The molecular weight excluding hydrogens is 386 g/mol. The third kappa shape index (κ3) is 5.16. The molecule has 3 amide bonds. The summed E-state index contributed by atoms with van der Waals surface area (Å²) < 4.78 is 6.88. The Morgan fingerprint density at radius 1 is 1.10 bits per heavy atom. The lowest BCUT2D eigenvalue weighted by atomic mass is 9.97. The number of esters is 1. The van der Waals surface area contributed by atoms with Gasteiger partial charge in [0.1, 0.15) is 0 Å². The predicted octanol–water partition coefficient (Wildman–Crippen LogP) is 2.46. The Hall–Kier alpha value is -3.36. The van der Waals surface area contributed by atoms with Gasteiger partial charge in [0, 0.05) is 25.8 Å². The summed E-state index contributed by atoms with van der Waals surface area (Å²) in [5.41, 5.74) is 2.90. The van der Waals surface area contributed by atoms with E-state index in [1.54, 1.807) is 23.6 Å². The smallest absolute Gasteiger partial charge is 0.321 e. The lowest BCUT2D eigenvalue weighted by molar-refractivity contribution is -0.152. The van der Waals surface area contributed by atoms with Crippen LogP contribution in [0.2, 0.25) is 0 Å². The first-order chi connectivity index (χ1) is 14.3. The average Bonchev–Trinajstić information content (AvgIpc) is 2.98. The summed E-state index contributed by atoms with van der Waals surface area (Å²) in [4.78, 5) is 38.5. The number of anilines is 2. The van der Waals surface area contributed by atoms with Crippen LogP contribution < -0.4 is 10.6 Å². The third-order valence-electron chi connectivity index (χ3n) is 5.26. The molecule has 0 unspecified atom stereocenters. The number of carbonyl (C=O) groups is 3. The Morgan fingerprint density at radius 2 is 1.77 bits per heavy atom. The molecule has 9 nitrogen and oxygen atoms in total. The molecule has 0 bridgehead atoms. The first-order valence-electron chi connectivity index (χ1n) is 9.93. The van der Waals surface area contributed by atoms with Crippen LogP contribution in [0.15, 0.2) is 30.3 Å². The molecule has 9 heteroatoms. The van der Waals surface area contributed by atoms with E-state index in [4.69, 9.17) is 4.74 Å². The minimum atomic E-state index is -0.409. The highest BCUT2D eigenvalue weighted by atomic mass is 16.5. The maximum Gasteiger partial charge on any atom is 0.321 e. The van der Waals surface area contributed by atoms with Crippen molar-refractivity contribution in [3.8, 4) is 0 Å². The molecule has 1 fully saturated rings. The zero-order valence-electron chi connectivity index (χ0n) is 17.5. The fraction of sp³-hybridized carbons (Fsp3) is 0.429. The average molecular weight is 413 g/mol. The lowest BCUT2D eigenvalue weighted by Gasteiger charge is -2.30. The zero-order valence-corrected chi connectivity index (χ0v) is 17.5. The van der Waals surface area contributed by atoms with Gasteiger partial charge in [-0.25, -0.2) is 4.79 Å². The van der Waals surface area contributed by atoms with Crippen LogP contribution in [0.4, 0.5) is 16.2 Å². The van der Waals surface area contributed by atoms with E-state index < -0.39 is 11.9 Å². The number of hydrogen-bond donors (Lipinski definition) is 2. The molecule has 2 N–H and O–H groups in total. The number of likely N-dealkylation sites (tertiary alicyclic amines) is 1. The quantitative estimate of drug-likeness (QED) is 0.733. The third-order valence-corrected chi connectivity index (χ3v) is 5.26. The van der Waals surface area contributed by atoms with Crippen LogP contribution in [0, 0.1) is 19.8 Å². The van der Waals surface area contributed by atoms with Crippen LogP contribution in [0.3, 0.4) is 0 Å². The summed E-state index contributed by atoms with van der Waals surface area (Å²) in [6.07, 6.45) is 1.01. The molecule has 0 aliphatic carbocycles. The van der Waals surface area contributed by atoms with E-state index in [0.29, 0.717) is 37.3 Å². The van der Waals surface area contributed by atoms with Crippen LogP contribution in [0.1, 0.15) is 24.2 Å². The van der Waals surface area contributed by atoms with Crippen molar-refractivity contribution in [2.24, 2.45) is 13.0 Å². The number of urea groups is 1. The topological polar surface area (TPSA) is 106 Å². The zero-order chi connectivity index (χ0) is 21.7. The molecule has 1 aliphatic heterocycles. The van der Waals surface area contributed by atoms with Crippen molar-refractivity contribution in [1.29, 1.82) is 0 Å².